The molecule has 2 aromatic rings. The van der Waals surface area contributed by atoms with E-state index in [1.807, 2.05) is 6.07 Å². The zero-order valence-corrected chi connectivity index (χ0v) is 22.2. The molecule has 188 valence electrons. The van der Waals surface area contributed by atoms with Crippen LogP contribution in [0, 0.1) is 28.6 Å². The van der Waals surface area contributed by atoms with Gasteiger partial charge < -0.3 is 15.1 Å². The van der Waals surface area contributed by atoms with Crippen molar-refractivity contribution < 1.29 is 10.2 Å². The first kappa shape index (κ1) is 23.7. The van der Waals surface area contributed by atoms with Crippen LogP contribution in [0.25, 0.3) is 0 Å². The van der Waals surface area contributed by atoms with Crippen LogP contribution in [0.1, 0.15) is 77.8 Å². The van der Waals surface area contributed by atoms with Crippen molar-refractivity contribution in [2.75, 3.05) is 11.4 Å². The molecule has 0 bridgehead atoms. The number of fused-ring (bicyclic) bond motifs is 5. The lowest BCUT2D eigenvalue weighted by atomic mass is 9.46. The topological polar surface area (TPSA) is 56.6 Å². The zero-order chi connectivity index (χ0) is 24.4. The van der Waals surface area contributed by atoms with Gasteiger partial charge in [-0.3, -0.25) is 0 Å². The highest BCUT2D eigenvalue weighted by Gasteiger charge is 2.65. The molecule has 1 heterocycles. The molecule has 3 saturated carbocycles. The third kappa shape index (κ3) is 3.41. The van der Waals surface area contributed by atoms with Crippen molar-refractivity contribution >= 4 is 22.2 Å². The molecule has 3 fully saturated rings. The second-order valence-corrected chi connectivity index (χ2v) is 12.9. The van der Waals surface area contributed by atoms with Crippen LogP contribution in [0.3, 0.4) is 0 Å². The number of aliphatic hydroxyl groups excluding tert-OH is 1. The Bertz CT molecular complexity index is 1110. The number of hydrogen-bond acceptors (Lipinski definition) is 5. The number of anilines is 2. The molecule has 6 rings (SSSR count). The predicted octanol–water partition coefficient (Wildman–Crippen LogP) is 6.81. The number of thiazole rings is 1. The van der Waals surface area contributed by atoms with Crippen molar-refractivity contribution in [1.29, 1.82) is 0 Å². The fraction of sp³-hybridized carbons (Fsp3) is 0.633. The Hall–Kier alpha value is -1.69. The Morgan fingerprint density at radius 3 is 2.57 bits per heavy atom. The highest BCUT2D eigenvalue weighted by molar-refractivity contribution is 7.13. The number of hydrogen-bond donors (Lipinski definition) is 2. The van der Waals surface area contributed by atoms with Crippen LogP contribution < -0.4 is 4.90 Å². The molecule has 0 amide bonds. The van der Waals surface area contributed by atoms with Crippen molar-refractivity contribution in [3.8, 4) is 0 Å². The van der Waals surface area contributed by atoms with Gasteiger partial charge in [0.05, 0.1) is 11.8 Å². The molecule has 4 aliphatic carbocycles. The minimum Gasteiger partial charge on any atom is -0.389 e. The molecule has 0 radical (unpaired) electrons. The predicted molar refractivity (Wildman–Crippen MR) is 143 cm³/mol. The Balaban J connectivity index is 1.30. The average Bonchev–Trinajstić information content (AvgIpc) is 3.45. The largest absolute Gasteiger partial charge is 0.389 e. The molecule has 0 unspecified atom stereocenters. The Morgan fingerprint density at radius 2 is 1.80 bits per heavy atom. The molecule has 1 aromatic carbocycles. The molecule has 35 heavy (non-hydrogen) atoms. The van der Waals surface area contributed by atoms with E-state index < -0.39 is 5.60 Å². The minimum atomic E-state index is -0.854. The number of para-hydroxylation sites is 1. The summed E-state index contributed by atoms with van der Waals surface area (Å²) in [7, 11) is 0. The van der Waals surface area contributed by atoms with Crippen molar-refractivity contribution in [2.24, 2.45) is 28.6 Å². The average molecular weight is 493 g/mol. The fourth-order valence-corrected chi connectivity index (χ4v) is 9.74. The number of aliphatic hydroxyl groups is 2. The van der Waals surface area contributed by atoms with E-state index in [1.54, 1.807) is 11.3 Å². The molecule has 0 saturated heterocycles. The van der Waals surface area contributed by atoms with Gasteiger partial charge >= 0.3 is 0 Å². The number of benzene rings is 1. The smallest absolute Gasteiger partial charge is 0.190 e. The van der Waals surface area contributed by atoms with Crippen molar-refractivity contribution in [3.63, 3.8) is 0 Å². The standard InChI is InChI=1S/C30H40N2O2S/c1-4-32(21-8-6-5-7-9-21)27-31-26(19-35-27)30(34)17-14-25-23-11-10-20-18-22(33)12-15-28(20,2)24(23)13-16-29(25,30)3/h5-9,18-19,22-25,33-34H,4,10-17H2,1-3H3/t22-,23+,24-,25-,28-,29-,30-/m0/s1. The van der Waals surface area contributed by atoms with E-state index in [0.29, 0.717) is 17.8 Å². The Labute approximate surface area is 214 Å². The van der Waals surface area contributed by atoms with Crippen LogP contribution in [-0.2, 0) is 5.60 Å². The van der Waals surface area contributed by atoms with Crippen molar-refractivity contribution in [2.45, 2.75) is 83.8 Å². The lowest BCUT2D eigenvalue weighted by Crippen LogP contribution is -2.54. The van der Waals surface area contributed by atoms with E-state index in [2.05, 4.69) is 61.4 Å². The minimum absolute atomic E-state index is 0.130. The van der Waals surface area contributed by atoms with Crippen LogP contribution >= 0.6 is 11.3 Å². The van der Waals surface area contributed by atoms with E-state index >= 15 is 0 Å². The summed E-state index contributed by atoms with van der Waals surface area (Å²) in [5.41, 5.74) is 2.80. The number of rotatable bonds is 4. The highest BCUT2D eigenvalue weighted by Crippen LogP contribution is 2.69. The van der Waals surface area contributed by atoms with Crippen LogP contribution in [0.4, 0.5) is 10.8 Å². The Morgan fingerprint density at radius 1 is 1.03 bits per heavy atom. The maximum Gasteiger partial charge on any atom is 0.190 e. The molecule has 1 aromatic heterocycles. The number of aromatic nitrogens is 1. The van der Waals surface area contributed by atoms with Gasteiger partial charge in [-0.15, -0.1) is 11.3 Å². The van der Waals surface area contributed by atoms with E-state index in [-0.39, 0.29) is 16.9 Å². The van der Waals surface area contributed by atoms with E-state index in [0.717, 1.165) is 61.6 Å². The molecule has 4 aliphatic rings. The van der Waals surface area contributed by atoms with E-state index in [9.17, 15) is 10.2 Å². The Kier molecular flexibility index (Phi) is 5.70. The van der Waals surface area contributed by atoms with Gasteiger partial charge in [0.1, 0.15) is 5.60 Å². The number of allylic oxidation sites excluding steroid dienone is 1. The van der Waals surface area contributed by atoms with Crippen LogP contribution in [0.2, 0.25) is 0 Å². The summed E-state index contributed by atoms with van der Waals surface area (Å²) in [6, 6.07) is 10.4. The monoisotopic (exact) mass is 492 g/mol. The second-order valence-electron chi connectivity index (χ2n) is 12.1. The van der Waals surface area contributed by atoms with Gasteiger partial charge in [0.15, 0.2) is 5.13 Å². The van der Waals surface area contributed by atoms with Gasteiger partial charge in [0, 0.05) is 23.0 Å². The van der Waals surface area contributed by atoms with E-state index in [1.165, 1.54) is 18.4 Å². The maximum absolute atomic E-state index is 12.4. The third-order valence-corrected chi connectivity index (χ3v) is 11.6. The molecule has 0 spiro atoms. The highest BCUT2D eigenvalue weighted by atomic mass is 32.1. The van der Waals surface area contributed by atoms with Crippen LogP contribution in [-0.4, -0.2) is 27.8 Å². The van der Waals surface area contributed by atoms with Crippen molar-refractivity contribution in [1.82, 2.24) is 4.98 Å². The van der Waals surface area contributed by atoms with Gasteiger partial charge in [-0.05, 0) is 93.6 Å². The molecule has 4 nitrogen and oxygen atoms in total. The first-order valence-electron chi connectivity index (χ1n) is 13.7. The lowest BCUT2D eigenvalue weighted by molar-refractivity contribution is -0.134. The fourth-order valence-electron chi connectivity index (χ4n) is 8.76. The molecule has 0 aliphatic heterocycles. The summed E-state index contributed by atoms with van der Waals surface area (Å²) in [5.74, 6) is 1.88. The lowest BCUT2D eigenvalue weighted by Gasteiger charge is -2.59. The normalized spacial score (nSPS) is 40.4. The number of nitrogens with zero attached hydrogens (tertiary/aromatic N) is 2. The SMILES string of the molecule is CCN(c1ccccc1)c1nc([C@@]2(O)CC[C@H]3[C@@H]4CCC5=C[C@@H](O)CC[C@]5(C)[C@H]4CC[C@@]32C)cs1. The first-order chi connectivity index (χ1) is 16.8. The quantitative estimate of drug-likeness (QED) is 0.460. The van der Waals surface area contributed by atoms with Crippen molar-refractivity contribution in [3.05, 3.63) is 53.1 Å². The van der Waals surface area contributed by atoms with Gasteiger partial charge in [0.25, 0.3) is 0 Å². The van der Waals surface area contributed by atoms with E-state index in [4.69, 9.17) is 4.98 Å². The summed E-state index contributed by atoms with van der Waals surface area (Å²) >= 11 is 1.66. The molecule has 7 atom stereocenters. The molecule has 5 heteroatoms. The summed E-state index contributed by atoms with van der Waals surface area (Å²) in [6.07, 6.45) is 10.4. The maximum atomic E-state index is 12.4. The second kappa shape index (κ2) is 8.43. The molecule has 2 N–H and O–H groups in total. The third-order valence-electron chi connectivity index (χ3n) is 10.8. The molecular formula is C30H40N2O2S. The zero-order valence-electron chi connectivity index (χ0n) is 21.4. The summed E-state index contributed by atoms with van der Waals surface area (Å²) in [6.45, 7) is 7.85. The first-order valence-corrected chi connectivity index (χ1v) is 14.6. The van der Waals surface area contributed by atoms with Gasteiger partial charge in [-0.2, -0.15) is 0 Å². The summed E-state index contributed by atoms with van der Waals surface area (Å²) < 4.78 is 0. The van der Waals surface area contributed by atoms with Gasteiger partial charge in [0.2, 0.25) is 0 Å². The van der Waals surface area contributed by atoms with Crippen LogP contribution in [0.5, 0.6) is 0 Å². The summed E-state index contributed by atoms with van der Waals surface area (Å²) in [5, 5.41) is 25.7. The van der Waals surface area contributed by atoms with Gasteiger partial charge in [-0.25, -0.2) is 4.98 Å². The van der Waals surface area contributed by atoms with Gasteiger partial charge in [-0.1, -0.05) is 43.7 Å². The van der Waals surface area contributed by atoms with Crippen LogP contribution in [0.15, 0.2) is 47.4 Å². The molecular weight excluding hydrogens is 452 g/mol. The summed E-state index contributed by atoms with van der Waals surface area (Å²) in [4.78, 5) is 7.34.